The number of carbonyl (C=O) groups is 3. The van der Waals surface area contributed by atoms with Crippen molar-refractivity contribution in [1.29, 1.82) is 0 Å². The van der Waals surface area contributed by atoms with Gasteiger partial charge in [-0.25, -0.2) is 9.78 Å². The van der Waals surface area contributed by atoms with Crippen LogP contribution in [0.2, 0.25) is 0 Å². The molecule has 2 aromatic heterocycles. The third kappa shape index (κ3) is 10.3. The van der Waals surface area contributed by atoms with Crippen molar-refractivity contribution in [3.63, 3.8) is 0 Å². The van der Waals surface area contributed by atoms with E-state index in [1.807, 2.05) is 30.3 Å². The van der Waals surface area contributed by atoms with E-state index in [0.717, 1.165) is 11.1 Å². The van der Waals surface area contributed by atoms with Crippen LogP contribution in [-0.4, -0.2) is 67.8 Å². The molecule has 4 aromatic rings. The van der Waals surface area contributed by atoms with E-state index in [0.29, 0.717) is 29.1 Å². The molecule has 0 aliphatic rings. The smallest absolute Gasteiger partial charge is 0.405 e. The van der Waals surface area contributed by atoms with Crippen molar-refractivity contribution >= 4 is 23.9 Å². The number of phenolic OH excluding ortho intramolecular Hbond substituents is 1. The number of nitrogens with two attached hydrogens (primary N) is 3. The van der Waals surface area contributed by atoms with Crippen molar-refractivity contribution in [3.05, 3.63) is 94.7 Å². The summed E-state index contributed by atoms with van der Waals surface area (Å²) in [6.45, 7) is 3.75. The lowest BCUT2D eigenvalue weighted by molar-refractivity contribution is -0.134. The van der Waals surface area contributed by atoms with Gasteiger partial charge in [-0.3, -0.25) is 14.6 Å². The SMILES string of the molecule is Cc1cc(O)cc(C)c1CC(NC(=O)C(CCCN=C(N)N)OC(N)=O)C(=O)N[C@@H](Cc1cnc[nH]1)c1nnc(Cc2ccccc2)o1. The third-order valence-electron chi connectivity index (χ3n) is 7.47. The molecule has 0 fully saturated rings. The summed E-state index contributed by atoms with van der Waals surface area (Å²) in [7, 11) is 0. The Morgan fingerprint density at radius 2 is 1.75 bits per heavy atom. The summed E-state index contributed by atoms with van der Waals surface area (Å²) in [5.74, 6) is -0.882. The summed E-state index contributed by atoms with van der Waals surface area (Å²) in [4.78, 5) is 50.2. The van der Waals surface area contributed by atoms with Gasteiger partial charge in [0, 0.05) is 31.3 Å². The molecule has 2 unspecified atom stereocenters. The number of hydrogen-bond donors (Lipinski definition) is 7. The zero-order valence-corrected chi connectivity index (χ0v) is 26.7. The van der Waals surface area contributed by atoms with Crippen LogP contribution in [0.3, 0.4) is 0 Å². The number of nitrogens with one attached hydrogen (secondary N) is 3. The zero-order valence-electron chi connectivity index (χ0n) is 26.7. The fraction of sp³-hybridized carbons (Fsp3) is 0.344. The predicted molar refractivity (Wildman–Crippen MR) is 174 cm³/mol. The third-order valence-corrected chi connectivity index (χ3v) is 7.47. The second-order valence-corrected chi connectivity index (χ2v) is 11.2. The number of hydrogen-bond acceptors (Lipinski definition) is 10. The molecular formula is C32H40N10O6. The Kier molecular flexibility index (Phi) is 12.1. The highest BCUT2D eigenvalue weighted by atomic mass is 16.6. The molecule has 16 heteroatoms. The predicted octanol–water partition coefficient (Wildman–Crippen LogP) is 1.35. The molecule has 48 heavy (non-hydrogen) atoms. The van der Waals surface area contributed by atoms with E-state index in [9.17, 15) is 19.5 Å². The molecule has 3 amide bonds. The van der Waals surface area contributed by atoms with Crippen LogP contribution in [0.15, 0.2) is 64.4 Å². The molecule has 0 saturated carbocycles. The molecular weight excluding hydrogens is 620 g/mol. The van der Waals surface area contributed by atoms with Crippen molar-refractivity contribution in [2.45, 2.75) is 64.1 Å². The van der Waals surface area contributed by atoms with Crippen molar-refractivity contribution in [3.8, 4) is 5.75 Å². The number of aryl methyl sites for hydroxylation is 2. The molecule has 0 aliphatic heterocycles. The number of imidazole rings is 1. The van der Waals surface area contributed by atoms with Crippen molar-refractivity contribution in [2.24, 2.45) is 22.2 Å². The lowest BCUT2D eigenvalue weighted by Crippen LogP contribution is -2.52. The number of carbonyl (C=O) groups excluding carboxylic acids is 3. The summed E-state index contributed by atoms with van der Waals surface area (Å²) >= 11 is 0. The number of aromatic hydroxyl groups is 1. The van der Waals surface area contributed by atoms with Crippen LogP contribution in [0.4, 0.5) is 4.79 Å². The molecule has 10 N–H and O–H groups in total. The average Bonchev–Trinajstić information content (AvgIpc) is 3.72. The maximum Gasteiger partial charge on any atom is 0.405 e. The minimum absolute atomic E-state index is 0.0335. The van der Waals surface area contributed by atoms with E-state index in [4.69, 9.17) is 26.4 Å². The Balaban J connectivity index is 1.61. The van der Waals surface area contributed by atoms with Crippen LogP contribution in [-0.2, 0) is 33.6 Å². The van der Waals surface area contributed by atoms with Gasteiger partial charge in [-0.15, -0.1) is 10.2 Å². The quantitative estimate of drug-likeness (QED) is 0.0512. The van der Waals surface area contributed by atoms with Crippen LogP contribution in [0.1, 0.15) is 58.6 Å². The fourth-order valence-electron chi connectivity index (χ4n) is 5.18. The van der Waals surface area contributed by atoms with Gasteiger partial charge < -0.3 is 47.1 Å². The van der Waals surface area contributed by atoms with Crippen LogP contribution in [0, 0.1) is 13.8 Å². The first-order chi connectivity index (χ1) is 23.0. The molecule has 2 aromatic carbocycles. The number of benzene rings is 2. The number of primary amides is 1. The van der Waals surface area contributed by atoms with Gasteiger partial charge in [0.2, 0.25) is 17.7 Å². The molecule has 0 bridgehead atoms. The number of aromatic nitrogens is 4. The number of phenols is 1. The van der Waals surface area contributed by atoms with Crippen molar-refractivity contribution in [1.82, 2.24) is 30.8 Å². The number of H-pyrrole nitrogens is 1. The van der Waals surface area contributed by atoms with Gasteiger partial charge in [0.15, 0.2) is 12.1 Å². The number of nitrogens with zero attached hydrogens (tertiary/aromatic N) is 4. The van der Waals surface area contributed by atoms with Crippen LogP contribution >= 0.6 is 0 Å². The summed E-state index contributed by atoms with van der Waals surface area (Å²) in [5, 5.41) is 24.2. The van der Waals surface area contributed by atoms with Gasteiger partial charge in [-0.1, -0.05) is 30.3 Å². The topological polar surface area (TPSA) is 263 Å². The first-order valence-corrected chi connectivity index (χ1v) is 15.2. The van der Waals surface area contributed by atoms with Crippen molar-refractivity contribution < 1.29 is 28.6 Å². The van der Waals surface area contributed by atoms with Crippen LogP contribution < -0.4 is 27.8 Å². The van der Waals surface area contributed by atoms with E-state index >= 15 is 0 Å². The van der Waals surface area contributed by atoms with Gasteiger partial charge in [0.1, 0.15) is 17.8 Å². The number of aromatic amines is 1. The van der Waals surface area contributed by atoms with E-state index < -0.39 is 36.1 Å². The Morgan fingerprint density at radius 1 is 1.02 bits per heavy atom. The second kappa shape index (κ2) is 16.6. The molecule has 0 aliphatic carbocycles. The lowest BCUT2D eigenvalue weighted by atomic mass is 9.95. The summed E-state index contributed by atoms with van der Waals surface area (Å²) in [5.41, 5.74) is 19.8. The zero-order chi connectivity index (χ0) is 34.6. The monoisotopic (exact) mass is 660 g/mol. The Morgan fingerprint density at radius 3 is 2.40 bits per heavy atom. The number of guanidine groups is 1. The Bertz CT molecular complexity index is 1680. The van der Waals surface area contributed by atoms with E-state index in [-0.39, 0.29) is 49.8 Å². The molecule has 4 rings (SSSR count). The molecule has 2 heterocycles. The number of amides is 3. The maximum atomic E-state index is 14.1. The highest BCUT2D eigenvalue weighted by Gasteiger charge is 2.31. The van der Waals surface area contributed by atoms with E-state index in [1.165, 1.54) is 6.33 Å². The molecule has 0 saturated heterocycles. The van der Waals surface area contributed by atoms with E-state index in [2.05, 4.69) is 35.8 Å². The number of aliphatic imine (C=N–C) groups is 1. The van der Waals surface area contributed by atoms with Gasteiger partial charge in [0.25, 0.3) is 5.91 Å². The normalized spacial score (nSPS) is 12.8. The van der Waals surface area contributed by atoms with Gasteiger partial charge in [0.05, 0.1) is 12.7 Å². The standard InChI is InChI=1S/C32H40N10O6/c1-18-11-22(43)12-19(2)23(18)15-24(39-29(45)26(47-32(35)46)9-6-10-37-31(33)34)28(44)40-25(14-21-16-36-17-38-21)30-42-41-27(48-30)13-20-7-4-3-5-8-20/h3-5,7-8,11-12,16-17,24-26,43H,6,9-10,13-15H2,1-2H3,(H2,35,46)(H,36,38)(H,39,45)(H,40,44)(H4,33,34,37)/t24?,25-,26?/m0/s1. The molecule has 0 spiro atoms. The molecule has 16 nitrogen and oxygen atoms in total. The molecule has 3 atom stereocenters. The average molecular weight is 661 g/mol. The van der Waals surface area contributed by atoms with Gasteiger partial charge in [-0.2, -0.15) is 0 Å². The number of rotatable bonds is 16. The van der Waals surface area contributed by atoms with Gasteiger partial charge >= 0.3 is 6.09 Å². The first kappa shape index (κ1) is 34.9. The summed E-state index contributed by atoms with van der Waals surface area (Å²) in [6.07, 6.45) is 1.59. The summed E-state index contributed by atoms with van der Waals surface area (Å²) in [6, 6.07) is 10.7. The summed E-state index contributed by atoms with van der Waals surface area (Å²) < 4.78 is 11.1. The highest BCUT2D eigenvalue weighted by molar-refractivity contribution is 5.90. The molecule has 254 valence electrons. The number of ether oxygens (including phenoxy) is 1. The minimum Gasteiger partial charge on any atom is -0.508 e. The Hall–Kier alpha value is -5.93. The van der Waals surface area contributed by atoms with Crippen molar-refractivity contribution in [2.75, 3.05) is 6.54 Å². The Labute approximate surface area is 276 Å². The maximum absolute atomic E-state index is 14.1. The second-order valence-electron chi connectivity index (χ2n) is 11.2. The van der Waals surface area contributed by atoms with Gasteiger partial charge in [-0.05, 0) is 61.1 Å². The first-order valence-electron chi connectivity index (χ1n) is 15.2. The fourth-order valence-corrected chi connectivity index (χ4v) is 5.18. The largest absolute Gasteiger partial charge is 0.508 e. The van der Waals surface area contributed by atoms with Crippen LogP contribution in [0.5, 0.6) is 5.75 Å². The highest BCUT2D eigenvalue weighted by Crippen LogP contribution is 2.23. The van der Waals surface area contributed by atoms with E-state index in [1.54, 1.807) is 32.2 Å². The van der Waals surface area contributed by atoms with Crippen LogP contribution in [0.25, 0.3) is 0 Å². The minimum atomic E-state index is -1.33. The molecule has 0 radical (unpaired) electrons. The lowest BCUT2D eigenvalue weighted by Gasteiger charge is -2.25.